The van der Waals surface area contributed by atoms with Gasteiger partial charge in [-0.2, -0.15) is 0 Å². The zero-order chi connectivity index (χ0) is 13.8. The highest BCUT2D eigenvalue weighted by Crippen LogP contribution is 2.29. The lowest BCUT2D eigenvalue weighted by molar-refractivity contribution is 0.286. The smallest absolute Gasteiger partial charge is 0.0446 e. The Hall–Kier alpha value is -0.860. The lowest BCUT2D eigenvalue weighted by atomic mass is 9.99. The molecular weight excluding hydrogens is 232 g/mol. The van der Waals surface area contributed by atoms with Crippen LogP contribution in [0.2, 0.25) is 0 Å². The van der Waals surface area contributed by atoms with Gasteiger partial charge in [-0.3, -0.25) is 0 Å². The lowest BCUT2D eigenvalue weighted by Crippen LogP contribution is -2.32. The second kappa shape index (κ2) is 6.53. The number of rotatable bonds is 7. The van der Waals surface area contributed by atoms with Gasteiger partial charge >= 0.3 is 0 Å². The van der Waals surface area contributed by atoms with Gasteiger partial charge in [-0.1, -0.05) is 38.1 Å². The first-order valence-corrected chi connectivity index (χ1v) is 7.55. The monoisotopic (exact) mass is 260 g/mol. The minimum absolute atomic E-state index is 0.435. The molecule has 0 spiro atoms. The Labute approximate surface area is 118 Å². The van der Waals surface area contributed by atoms with Gasteiger partial charge in [0, 0.05) is 19.1 Å². The highest BCUT2D eigenvalue weighted by atomic mass is 15.1. The largest absolute Gasteiger partial charge is 0.312 e. The summed E-state index contributed by atoms with van der Waals surface area (Å²) in [5, 5.41) is 3.45. The van der Waals surface area contributed by atoms with Crippen molar-refractivity contribution >= 4 is 0 Å². The first-order chi connectivity index (χ1) is 9.10. The zero-order valence-corrected chi connectivity index (χ0v) is 12.8. The maximum absolute atomic E-state index is 3.45. The summed E-state index contributed by atoms with van der Waals surface area (Å²) in [6.07, 6.45) is 2.86. The van der Waals surface area contributed by atoms with Crippen molar-refractivity contribution in [2.24, 2.45) is 5.92 Å². The van der Waals surface area contributed by atoms with Gasteiger partial charge in [0.1, 0.15) is 0 Å². The van der Waals surface area contributed by atoms with Crippen LogP contribution in [-0.4, -0.2) is 32.1 Å². The molecule has 0 heterocycles. The van der Waals surface area contributed by atoms with E-state index in [9.17, 15) is 0 Å². The number of hydrogen-bond acceptors (Lipinski definition) is 2. The molecule has 1 saturated carbocycles. The van der Waals surface area contributed by atoms with E-state index in [2.05, 4.69) is 62.4 Å². The van der Waals surface area contributed by atoms with Crippen LogP contribution in [0.5, 0.6) is 0 Å². The third-order valence-corrected chi connectivity index (χ3v) is 4.12. The average molecular weight is 260 g/mol. The van der Waals surface area contributed by atoms with Crippen LogP contribution in [0.3, 0.4) is 0 Å². The third-order valence-electron chi connectivity index (χ3n) is 4.12. The molecule has 0 saturated heterocycles. The number of nitrogens with zero attached hydrogens (tertiary/aromatic N) is 1. The Balaban J connectivity index is 1.95. The van der Waals surface area contributed by atoms with Crippen LogP contribution >= 0.6 is 0 Å². The molecule has 0 aliphatic heterocycles. The molecule has 2 rings (SSSR count). The molecule has 106 valence electrons. The van der Waals surface area contributed by atoms with Crippen molar-refractivity contribution in [3.63, 3.8) is 0 Å². The quantitative estimate of drug-likeness (QED) is 0.808. The molecule has 1 aromatic rings. The fourth-order valence-electron chi connectivity index (χ4n) is 2.60. The van der Waals surface area contributed by atoms with E-state index in [0.29, 0.717) is 12.0 Å². The van der Waals surface area contributed by atoms with E-state index in [1.54, 1.807) is 0 Å². The number of likely N-dealkylation sites (N-methyl/N-ethyl adjacent to an activating group) is 2. The van der Waals surface area contributed by atoms with Crippen molar-refractivity contribution in [3.05, 3.63) is 35.4 Å². The van der Waals surface area contributed by atoms with Crippen LogP contribution in [0.25, 0.3) is 0 Å². The minimum Gasteiger partial charge on any atom is -0.312 e. The van der Waals surface area contributed by atoms with E-state index in [-0.39, 0.29) is 0 Å². The van der Waals surface area contributed by atoms with Crippen molar-refractivity contribution < 1.29 is 0 Å². The Morgan fingerprint density at radius 3 is 2.21 bits per heavy atom. The van der Waals surface area contributed by atoms with Crippen LogP contribution in [0.1, 0.15) is 49.8 Å². The van der Waals surface area contributed by atoms with E-state index >= 15 is 0 Å². The van der Waals surface area contributed by atoms with Crippen molar-refractivity contribution in [1.82, 2.24) is 10.2 Å². The molecule has 0 amide bonds. The summed E-state index contributed by atoms with van der Waals surface area (Å²) in [6, 6.07) is 9.53. The summed E-state index contributed by atoms with van der Waals surface area (Å²) >= 11 is 0. The molecule has 1 aromatic carbocycles. The predicted octanol–water partition coefficient (Wildman–Crippen LogP) is 3.41. The molecule has 1 N–H and O–H groups in total. The van der Waals surface area contributed by atoms with Gasteiger partial charge in [0.05, 0.1) is 0 Å². The average Bonchev–Trinajstić information content (AvgIpc) is 3.20. The van der Waals surface area contributed by atoms with Gasteiger partial charge in [0.25, 0.3) is 0 Å². The molecule has 1 aliphatic rings. The summed E-state index contributed by atoms with van der Waals surface area (Å²) in [5.74, 6) is 1.57. The third kappa shape index (κ3) is 4.32. The molecule has 0 aromatic heterocycles. The summed E-state index contributed by atoms with van der Waals surface area (Å²) < 4.78 is 0. The van der Waals surface area contributed by atoms with E-state index in [1.165, 1.54) is 30.5 Å². The van der Waals surface area contributed by atoms with E-state index in [4.69, 9.17) is 0 Å². The fraction of sp³-hybridized carbons (Fsp3) is 0.647. The summed E-state index contributed by atoms with van der Waals surface area (Å²) in [4.78, 5) is 2.47. The van der Waals surface area contributed by atoms with Crippen molar-refractivity contribution in [3.8, 4) is 0 Å². The summed E-state index contributed by atoms with van der Waals surface area (Å²) in [6.45, 7) is 6.83. The second-order valence-corrected chi connectivity index (χ2v) is 6.33. The van der Waals surface area contributed by atoms with Gasteiger partial charge in [0.2, 0.25) is 0 Å². The maximum atomic E-state index is 3.45. The maximum Gasteiger partial charge on any atom is 0.0446 e. The number of benzene rings is 1. The molecule has 19 heavy (non-hydrogen) atoms. The van der Waals surface area contributed by atoms with E-state index in [0.717, 1.165) is 12.5 Å². The second-order valence-electron chi connectivity index (χ2n) is 6.33. The van der Waals surface area contributed by atoms with E-state index in [1.807, 2.05) is 0 Å². The Morgan fingerprint density at radius 1 is 1.16 bits per heavy atom. The lowest BCUT2D eigenvalue weighted by Gasteiger charge is -2.24. The predicted molar refractivity (Wildman–Crippen MR) is 82.6 cm³/mol. The molecule has 1 atom stereocenters. The van der Waals surface area contributed by atoms with Crippen molar-refractivity contribution in [2.45, 2.75) is 38.6 Å². The standard InChI is InChI=1S/C17H28N2/c1-13(2)15-7-9-16(10-8-15)17(18-3)12-19(4)11-14-5-6-14/h7-10,13-14,17-18H,5-6,11-12H2,1-4H3. The summed E-state index contributed by atoms with van der Waals surface area (Å²) in [7, 11) is 4.30. The summed E-state index contributed by atoms with van der Waals surface area (Å²) in [5.41, 5.74) is 2.82. The Morgan fingerprint density at radius 2 is 1.74 bits per heavy atom. The van der Waals surface area contributed by atoms with Crippen LogP contribution in [0, 0.1) is 5.92 Å². The molecule has 1 fully saturated rings. The number of nitrogens with one attached hydrogen (secondary N) is 1. The van der Waals surface area contributed by atoms with Crippen molar-refractivity contribution in [1.29, 1.82) is 0 Å². The first-order valence-electron chi connectivity index (χ1n) is 7.55. The highest BCUT2D eigenvalue weighted by Gasteiger charge is 2.23. The first kappa shape index (κ1) is 14.5. The van der Waals surface area contributed by atoms with Crippen LogP contribution in [0.4, 0.5) is 0 Å². The molecule has 2 heteroatoms. The van der Waals surface area contributed by atoms with Gasteiger partial charge in [-0.25, -0.2) is 0 Å². The van der Waals surface area contributed by atoms with Gasteiger partial charge < -0.3 is 10.2 Å². The van der Waals surface area contributed by atoms with Crippen LogP contribution < -0.4 is 5.32 Å². The van der Waals surface area contributed by atoms with Crippen LogP contribution in [-0.2, 0) is 0 Å². The Bertz CT molecular complexity index is 379. The Kier molecular flexibility index (Phi) is 5.00. The molecule has 0 radical (unpaired) electrons. The zero-order valence-electron chi connectivity index (χ0n) is 12.8. The van der Waals surface area contributed by atoms with Gasteiger partial charge in [-0.15, -0.1) is 0 Å². The molecule has 1 unspecified atom stereocenters. The SMILES string of the molecule is CNC(CN(C)CC1CC1)c1ccc(C(C)C)cc1. The van der Waals surface area contributed by atoms with E-state index < -0.39 is 0 Å². The van der Waals surface area contributed by atoms with Crippen LogP contribution in [0.15, 0.2) is 24.3 Å². The molecule has 2 nitrogen and oxygen atoms in total. The number of hydrogen-bond donors (Lipinski definition) is 1. The van der Waals surface area contributed by atoms with Gasteiger partial charge in [0.15, 0.2) is 0 Å². The fourth-order valence-corrected chi connectivity index (χ4v) is 2.60. The van der Waals surface area contributed by atoms with Gasteiger partial charge in [-0.05, 0) is 49.9 Å². The molecular formula is C17H28N2. The molecule has 1 aliphatic carbocycles. The van der Waals surface area contributed by atoms with Crippen molar-refractivity contribution in [2.75, 3.05) is 27.2 Å². The minimum atomic E-state index is 0.435. The normalized spacial score (nSPS) is 17.2. The highest BCUT2D eigenvalue weighted by molar-refractivity contribution is 5.27. The topological polar surface area (TPSA) is 15.3 Å². The molecule has 0 bridgehead atoms.